The Morgan fingerprint density at radius 3 is 2.53 bits per heavy atom. The average molecular weight is 263 g/mol. The normalized spacial score (nSPS) is 23.6. The zero-order valence-corrected chi connectivity index (χ0v) is 12.2. The maximum Gasteiger partial charge on any atom is 0.160 e. The third-order valence-electron chi connectivity index (χ3n) is 4.28. The van der Waals surface area contributed by atoms with Crippen LogP contribution in [0, 0.1) is 5.92 Å². The lowest BCUT2D eigenvalue weighted by atomic mass is 9.86. The van der Waals surface area contributed by atoms with Gasteiger partial charge >= 0.3 is 0 Å². The predicted molar refractivity (Wildman–Crippen MR) is 77.5 cm³/mol. The van der Waals surface area contributed by atoms with Gasteiger partial charge in [-0.1, -0.05) is 13.0 Å². The van der Waals surface area contributed by atoms with E-state index in [1.807, 2.05) is 12.1 Å². The van der Waals surface area contributed by atoms with Crippen LogP contribution in [0.1, 0.15) is 38.2 Å². The van der Waals surface area contributed by atoms with Crippen molar-refractivity contribution in [3.63, 3.8) is 0 Å². The molecule has 0 saturated heterocycles. The third-order valence-corrected chi connectivity index (χ3v) is 4.28. The van der Waals surface area contributed by atoms with Crippen molar-refractivity contribution in [3.8, 4) is 11.5 Å². The molecular formula is C16H25NO2. The van der Waals surface area contributed by atoms with E-state index in [-0.39, 0.29) is 5.75 Å². The summed E-state index contributed by atoms with van der Waals surface area (Å²) >= 11 is 0. The number of ether oxygens (including phenoxy) is 1. The van der Waals surface area contributed by atoms with E-state index >= 15 is 0 Å². The molecule has 0 heterocycles. The van der Waals surface area contributed by atoms with E-state index in [4.69, 9.17) is 4.74 Å². The summed E-state index contributed by atoms with van der Waals surface area (Å²) in [7, 11) is 3.76. The second-order valence-electron chi connectivity index (χ2n) is 5.84. The van der Waals surface area contributed by atoms with Gasteiger partial charge in [-0.25, -0.2) is 0 Å². The van der Waals surface area contributed by atoms with Gasteiger partial charge in [0.25, 0.3) is 0 Å². The monoisotopic (exact) mass is 263 g/mol. The first kappa shape index (κ1) is 14.2. The lowest BCUT2D eigenvalue weighted by Gasteiger charge is -2.33. The predicted octanol–water partition coefficient (Wildman–Crippen LogP) is 3.41. The quantitative estimate of drug-likeness (QED) is 0.903. The van der Waals surface area contributed by atoms with E-state index in [0.717, 1.165) is 18.0 Å². The van der Waals surface area contributed by atoms with Crippen molar-refractivity contribution in [1.82, 2.24) is 4.90 Å². The van der Waals surface area contributed by atoms with Crippen molar-refractivity contribution in [3.05, 3.63) is 23.8 Å². The van der Waals surface area contributed by atoms with Gasteiger partial charge in [0.15, 0.2) is 11.5 Å². The van der Waals surface area contributed by atoms with Gasteiger partial charge in [0, 0.05) is 12.6 Å². The van der Waals surface area contributed by atoms with E-state index in [0.29, 0.717) is 11.8 Å². The van der Waals surface area contributed by atoms with Crippen LogP contribution in [0.15, 0.2) is 18.2 Å². The van der Waals surface area contributed by atoms with Gasteiger partial charge in [-0.3, -0.25) is 4.90 Å². The lowest BCUT2D eigenvalue weighted by molar-refractivity contribution is 0.164. The van der Waals surface area contributed by atoms with Gasteiger partial charge in [0.1, 0.15) is 0 Å². The molecule has 3 nitrogen and oxygen atoms in total. The summed E-state index contributed by atoms with van der Waals surface area (Å²) in [4.78, 5) is 2.41. The molecule has 0 unspecified atom stereocenters. The summed E-state index contributed by atoms with van der Waals surface area (Å²) in [6.45, 7) is 3.23. The highest BCUT2D eigenvalue weighted by Crippen LogP contribution is 2.29. The molecule has 0 bridgehead atoms. The van der Waals surface area contributed by atoms with E-state index in [1.54, 1.807) is 13.2 Å². The molecule has 1 aliphatic rings. The largest absolute Gasteiger partial charge is 0.504 e. The summed E-state index contributed by atoms with van der Waals surface area (Å²) in [5, 5.41) is 9.81. The zero-order valence-electron chi connectivity index (χ0n) is 12.2. The van der Waals surface area contributed by atoms with Crippen LogP contribution in [0.25, 0.3) is 0 Å². The molecule has 1 fully saturated rings. The smallest absolute Gasteiger partial charge is 0.160 e. The molecule has 106 valence electrons. The molecule has 0 amide bonds. The highest BCUT2D eigenvalue weighted by Gasteiger charge is 2.21. The first-order valence-corrected chi connectivity index (χ1v) is 7.16. The van der Waals surface area contributed by atoms with Gasteiger partial charge in [0.05, 0.1) is 7.11 Å². The standard InChI is InChI=1S/C16H25NO2/c1-12-4-7-14(8-5-12)17(2)11-13-6-9-16(19-3)15(18)10-13/h6,9-10,12,14,18H,4-5,7-8,11H2,1-3H3. The lowest BCUT2D eigenvalue weighted by Crippen LogP contribution is -2.34. The Kier molecular flexibility index (Phi) is 4.70. The molecular weight excluding hydrogens is 238 g/mol. The molecule has 0 aliphatic heterocycles. The Morgan fingerprint density at radius 1 is 1.26 bits per heavy atom. The Labute approximate surface area is 116 Å². The number of rotatable bonds is 4. The van der Waals surface area contributed by atoms with E-state index in [1.165, 1.54) is 25.7 Å². The molecule has 0 atom stereocenters. The molecule has 1 saturated carbocycles. The van der Waals surface area contributed by atoms with Crippen LogP contribution in [-0.2, 0) is 6.54 Å². The Balaban J connectivity index is 1.95. The van der Waals surface area contributed by atoms with Crippen molar-refractivity contribution in [2.24, 2.45) is 5.92 Å². The van der Waals surface area contributed by atoms with E-state index in [2.05, 4.69) is 18.9 Å². The molecule has 3 heteroatoms. The van der Waals surface area contributed by atoms with Crippen molar-refractivity contribution in [2.75, 3.05) is 14.2 Å². The molecule has 19 heavy (non-hydrogen) atoms. The SMILES string of the molecule is COc1ccc(CN(C)C2CCC(C)CC2)cc1O. The van der Waals surface area contributed by atoms with Gasteiger partial charge in [-0.15, -0.1) is 0 Å². The fraction of sp³-hybridized carbons (Fsp3) is 0.625. The number of phenolic OH excluding ortho intramolecular Hbond substituents is 1. The summed E-state index contributed by atoms with van der Waals surface area (Å²) in [6.07, 6.45) is 5.26. The van der Waals surface area contributed by atoms with Crippen molar-refractivity contribution in [2.45, 2.75) is 45.2 Å². The van der Waals surface area contributed by atoms with Crippen LogP contribution in [0.4, 0.5) is 0 Å². The van der Waals surface area contributed by atoms with Gasteiger partial charge in [-0.05, 0) is 56.3 Å². The number of aromatic hydroxyl groups is 1. The molecule has 0 spiro atoms. The van der Waals surface area contributed by atoms with Crippen LogP contribution < -0.4 is 4.74 Å². The fourth-order valence-electron chi connectivity index (χ4n) is 2.93. The maximum absolute atomic E-state index is 9.81. The number of nitrogens with zero attached hydrogens (tertiary/aromatic N) is 1. The minimum absolute atomic E-state index is 0.227. The van der Waals surface area contributed by atoms with Crippen LogP contribution in [-0.4, -0.2) is 30.2 Å². The second-order valence-corrected chi connectivity index (χ2v) is 5.84. The molecule has 1 aromatic rings. The number of hydrogen-bond acceptors (Lipinski definition) is 3. The molecule has 0 radical (unpaired) electrons. The van der Waals surface area contributed by atoms with Crippen molar-refractivity contribution < 1.29 is 9.84 Å². The Bertz CT molecular complexity index is 411. The molecule has 1 aromatic carbocycles. The number of benzene rings is 1. The summed E-state index contributed by atoms with van der Waals surface area (Å²) in [6, 6.07) is 6.35. The van der Waals surface area contributed by atoms with Gasteiger partial charge < -0.3 is 9.84 Å². The number of phenols is 1. The molecule has 1 aliphatic carbocycles. The summed E-state index contributed by atoms with van der Waals surface area (Å²) < 4.78 is 5.07. The fourth-order valence-corrected chi connectivity index (χ4v) is 2.93. The second kappa shape index (κ2) is 6.29. The Morgan fingerprint density at radius 2 is 1.95 bits per heavy atom. The molecule has 0 aromatic heterocycles. The Hall–Kier alpha value is -1.22. The number of hydrogen-bond donors (Lipinski definition) is 1. The topological polar surface area (TPSA) is 32.7 Å². The minimum Gasteiger partial charge on any atom is -0.504 e. The van der Waals surface area contributed by atoms with Crippen molar-refractivity contribution in [1.29, 1.82) is 0 Å². The molecule has 1 N–H and O–H groups in total. The third kappa shape index (κ3) is 3.63. The number of methoxy groups -OCH3 is 1. The zero-order chi connectivity index (χ0) is 13.8. The van der Waals surface area contributed by atoms with Gasteiger partial charge in [0.2, 0.25) is 0 Å². The van der Waals surface area contributed by atoms with E-state index < -0.39 is 0 Å². The highest BCUT2D eigenvalue weighted by molar-refractivity contribution is 5.41. The van der Waals surface area contributed by atoms with Gasteiger partial charge in [-0.2, -0.15) is 0 Å². The minimum atomic E-state index is 0.227. The highest BCUT2D eigenvalue weighted by atomic mass is 16.5. The van der Waals surface area contributed by atoms with Crippen LogP contribution in [0.3, 0.4) is 0 Å². The first-order chi connectivity index (χ1) is 9.10. The first-order valence-electron chi connectivity index (χ1n) is 7.16. The average Bonchev–Trinajstić information content (AvgIpc) is 2.39. The van der Waals surface area contributed by atoms with E-state index in [9.17, 15) is 5.11 Å². The van der Waals surface area contributed by atoms with Crippen LogP contribution >= 0.6 is 0 Å². The van der Waals surface area contributed by atoms with Crippen LogP contribution in [0.5, 0.6) is 11.5 Å². The molecule has 2 rings (SSSR count). The maximum atomic E-state index is 9.81. The summed E-state index contributed by atoms with van der Waals surface area (Å²) in [5.41, 5.74) is 1.14. The van der Waals surface area contributed by atoms with Crippen molar-refractivity contribution >= 4 is 0 Å². The summed E-state index contributed by atoms with van der Waals surface area (Å²) in [5.74, 6) is 1.65. The van der Waals surface area contributed by atoms with Crippen LogP contribution in [0.2, 0.25) is 0 Å².